The summed E-state index contributed by atoms with van der Waals surface area (Å²) in [5.41, 5.74) is 15.2. The Balaban J connectivity index is 1.31. The molecular formula is C50H44N6O. The highest BCUT2D eigenvalue weighted by Gasteiger charge is 2.29. The van der Waals surface area contributed by atoms with Crippen molar-refractivity contribution in [1.29, 1.82) is 0 Å². The number of pyridine rings is 1. The van der Waals surface area contributed by atoms with Crippen molar-refractivity contribution in [3.8, 4) is 45.1 Å². The minimum absolute atomic E-state index is 0.170. The maximum absolute atomic E-state index is 12.4. The molecule has 0 unspecified atom stereocenters. The van der Waals surface area contributed by atoms with Crippen molar-refractivity contribution in [3.63, 3.8) is 0 Å². The number of hydrogen-bond donors (Lipinski definition) is 1. The molecule has 4 aromatic heterocycles. The van der Waals surface area contributed by atoms with Crippen molar-refractivity contribution in [2.75, 3.05) is 0 Å². The Morgan fingerprint density at radius 2 is 1.39 bits per heavy atom. The van der Waals surface area contributed by atoms with Crippen LogP contribution in [0.1, 0.15) is 64.1 Å². The quantitative estimate of drug-likeness (QED) is 0.143. The van der Waals surface area contributed by atoms with Gasteiger partial charge in [-0.05, 0) is 89.9 Å². The Labute approximate surface area is 331 Å². The second-order valence-corrected chi connectivity index (χ2v) is 17.5. The highest BCUT2D eigenvalue weighted by atomic mass is 16.3. The summed E-state index contributed by atoms with van der Waals surface area (Å²) in [6.45, 7) is 17.3. The van der Waals surface area contributed by atoms with Gasteiger partial charge in [0.15, 0.2) is 0 Å². The first-order chi connectivity index (χ1) is 27.3. The number of phenolic OH excluding ortho intramolecular Hbond substituents is 1. The van der Waals surface area contributed by atoms with Gasteiger partial charge in [-0.3, -0.25) is 8.97 Å². The van der Waals surface area contributed by atoms with E-state index in [0.29, 0.717) is 11.4 Å². The van der Waals surface area contributed by atoms with Crippen molar-refractivity contribution < 1.29 is 5.11 Å². The predicted molar refractivity (Wildman–Crippen MR) is 234 cm³/mol. The van der Waals surface area contributed by atoms with E-state index in [0.717, 1.165) is 99.8 Å². The van der Waals surface area contributed by atoms with Gasteiger partial charge >= 0.3 is 0 Å². The molecule has 10 aromatic rings. The molecule has 0 fully saturated rings. The largest absolute Gasteiger partial charge is 0.507 e. The van der Waals surface area contributed by atoms with Gasteiger partial charge in [-0.25, -0.2) is 19.9 Å². The summed E-state index contributed by atoms with van der Waals surface area (Å²) in [5.74, 6) is 1.86. The molecule has 0 atom stereocenters. The van der Waals surface area contributed by atoms with E-state index in [1.54, 1.807) is 6.33 Å². The van der Waals surface area contributed by atoms with Crippen LogP contribution in [0.3, 0.4) is 0 Å². The molecule has 7 nitrogen and oxygen atoms in total. The lowest BCUT2D eigenvalue weighted by Crippen LogP contribution is -2.17. The molecule has 280 valence electrons. The summed E-state index contributed by atoms with van der Waals surface area (Å²) in [5, 5.41) is 14.4. The summed E-state index contributed by atoms with van der Waals surface area (Å²) in [4.78, 5) is 20.0. The molecule has 0 spiro atoms. The lowest BCUT2D eigenvalue weighted by atomic mass is 9.79. The van der Waals surface area contributed by atoms with Crippen LogP contribution in [-0.2, 0) is 10.8 Å². The van der Waals surface area contributed by atoms with E-state index in [2.05, 4.69) is 160 Å². The van der Waals surface area contributed by atoms with Crippen LogP contribution >= 0.6 is 0 Å². The van der Waals surface area contributed by atoms with E-state index in [9.17, 15) is 5.11 Å². The third-order valence-corrected chi connectivity index (χ3v) is 11.6. The maximum atomic E-state index is 12.4. The normalized spacial score (nSPS) is 12.6. The van der Waals surface area contributed by atoms with Gasteiger partial charge in [-0.15, -0.1) is 0 Å². The van der Waals surface area contributed by atoms with Gasteiger partial charge in [-0.1, -0.05) is 108 Å². The van der Waals surface area contributed by atoms with Crippen LogP contribution in [0.4, 0.5) is 0 Å². The van der Waals surface area contributed by atoms with E-state index in [4.69, 9.17) is 15.0 Å². The number of imidazole rings is 2. The standard InChI is InChI=1S/C50H44N6O/c1-28-17-21-40(34(23-28)30-13-10-9-11-14-30)56-42-16-12-15-33(44(42)54-48(56)36-25-32(49(3,4)5)26-37(47(36)57)50(6,7)8)31-18-22-41-35(24-31)45-43-38(51-27-52-45)19-20-39-46(43)55(41)29(2)53-39/h9-27,57H,1-8H3. The first-order valence-corrected chi connectivity index (χ1v) is 19.6. The second kappa shape index (κ2) is 12.2. The number of aromatic hydroxyl groups is 1. The van der Waals surface area contributed by atoms with Crippen LogP contribution in [0.15, 0.2) is 116 Å². The van der Waals surface area contributed by atoms with E-state index >= 15 is 0 Å². The summed E-state index contributed by atoms with van der Waals surface area (Å²) in [7, 11) is 0. The van der Waals surface area contributed by atoms with Crippen LogP contribution in [0, 0.1) is 13.8 Å². The number of para-hydroxylation sites is 1. The molecule has 0 amide bonds. The molecule has 0 aliphatic heterocycles. The lowest BCUT2D eigenvalue weighted by molar-refractivity contribution is 0.446. The van der Waals surface area contributed by atoms with E-state index in [1.807, 2.05) is 18.2 Å². The number of rotatable bonds is 4. The van der Waals surface area contributed by atoms with Crippen LogP contribution in [0.25, 0.3) is 88.7 Å². The van der Waals surface area contributed by atoms with Crippen molar-refractivity contribution in [2.45, 2.75) is 66.2 Å². The molecule has 0 aliphatic carbocycles. The van der Waals surface area contributed by atoms with Gasteiger partial charge in [0.2, 0.25) is 0 Å². The summed E-state index contributed by atoms with van der Waals surface area (Å²) < 4.78 is 4.49. The molecule has 0 bridgehead atoms. The number of hydrogen-bond acceptors (Lipinski definition) is 5. The topological polar surface area (TPSA) is 81.1 Å². The summed E-state index contributed by atoms with van der Waals surface area (Å²) in [6, 6.07) is 38.5. The smallest absolute Gasteiger partial charge is 0.149 e. The van der Waals surface area contributed by atoms with Crippen LogP contribution < -0.4 is 0 Å². The van der Waals surface area contributed by atoms with Gasteiger partial charge < -0.3 is 5.11 Å². The Kier molecular flexibility index (Phi) is 7.46. The summed E-state index contributed by atoms with van der Waals surface area (Å²) in [6.07, 6.45) is 1.66. The molecule has 6 aromatic carbocycles. The number of fused-ring (bicyclic) bond motifs is 4. The molecule has 7 heteroatoms. The Hall–Kier alpha value is -6.60. The van der Waals surface area contributed by atoms with Gasteiger partial charge in [0.25, 0.3) is 0 Å². The average molecular weight is 745 g/mol. The average Bonchev–Trinajstić information content (AvgIpc) is 3.74. The zero-order valence-electron chi connectivity index (χ0n) is 33.6. The van der Waals surface area contributed by atoms with E-state index in [-0.39, 0.29) is 16.6 Å². The SMILES string of the molecule is Cc1ccc(-n2c(-c3cc(C(C)(C)C)cc(C(C)(C)C)c3O)nc3c(-c4ccc5c(c4)c4ncnc6ccc7nc(C)n5c7c64)cccc32)c(-c2ccccc2)c1. The Bertz CT molecular complexity index is 3230. The molecule has 57 heavy (non-hydrogen) atoms. The van der Waals surface area contributed by atoms with Crippen LogP contribution in [0.5, 0.6) is 5.75 Å². The maximum Gasteiger partial charge on any atom is 0.149 e. The third-order valence-electron chi connectivity index (χ3n) is 11.6. The monoisotopic (exact) mass is 744 g/mol. The number of nitrogens with zero attached hydrogens (tertiary/aromatic N) is 6. The van der Waals surface area contributed by atoms with Crippen LogP contribution in [0.2, 0.25) is 0 Å². The van der Waals surface area contributed by atoms with Gasteiger partial charge in [0.1, 0.15) is 23.7 Å². The lowest BCUT2D eigenvalue weighted by Gasteiger charge is -2.27. The fourth-order valence-electron chi connectivity index (χ4n) is 8.67. The van der Waals surface area contributed by atoms with Gasteiger partial charge in [0, 0.05) is 22.1 Å². The molecule has 1 N–H and O–H groups in total. The molecule has 0 saturated heterocycles. The highest BCUT2D eigenvalue weighted by Crippen LogP contribution is 2.46. The van der Waals surface area contributed by atoms with Gasteiger partial charge in [-0.2, -0.15) is 0 Å². The molecule has 0 saturated carbocycles. The number of aryl methyl sites for hydroxylation is 2. The Morgan fingerprint density at radius 3 is 2.16 bits per heavy atom. The highest BCUT2D eigenvalue weighted by molar-refractivity contribution is 6.21. The van der Waals surface area contributed by atoms with Crippen LogP contribution in [-0.4, -0.2) is 34.0 Å². The van der Waals surface area contributed by atoms with E-state index < -0.39 is 0 Å². The number of phenols is 1. The van der Waals surface area contributed by atoms with Crippen molar-refractivity contribution in [2.24, 2.45) is 0 Å². The van der Waals surface area contributed by atoms with Crippen molar-refractivity contribution in [1.82, 2.24) is 28.9 Å². The fourth-order valence-corrected chi connectivity index (χ4v) is 8.67. The molecule has 0 aliphatic rings. The van der Waals surface area contributed by atoms with E-state index in [1.165, 1.54) is 0 Å². The zero-order valence-corrected chi connectivity index (χ0v) is 33.6. The van der Waals surface area contributed by atoms with Crippen molar-refractivity contribution >= 4 is 49.4 Å². The van der Waals surface area contributed by atoms with Crippen molar-refractivity contribution in [3.05, 3.63) is 138 Å². The minimum atomic E-state index is -0.311. The Morgan fingerprint density at radius 1 is 0.596 bits per heavy atom. The number of benzene rings is 6. The number of aromatic nitrogens is 6. The summed E-state index contributed by atoms with van der Waals surface area (Å²) >= 11 is 0. The fraction of sp³-hybridized carbons (Fsp3) is 0.200. The second-order valence-electron chi connectivity index (χ2n) is 17.5. The molecule has 0 radical (unpaired) electrons. The molecule has 4 heterocycles. The molecule has 10 rings (SSSR count). The predicted octanol–water partition coefficient (Wildman–Crippen LogP) is 12.3. The zero-order chi connectivity index (χ0) is 39.5. The first kappa shape index (κ1) is 34.9. The molecular weight excluding hydrogens is 701 g/mol. The third kappa shape index (κ3) is 5.32. The minimum Gasteiger partial charge on any atom is -0.507 e. The first-order valence-electron chi connectivity index (χ1n) is 19.6. The van der Waals surface area contributed by atoms with Gasteiger partial charge in [0.05, 0.1) is 55.3 Å².